The molecule has 2 aromatic rings. The lowest BCUT2D eigenvalue weighted by Gasteiger charge is -2.13. The molecule has 0 aromatic heterocycles. The molecule has 0 amide bonds. The minimum Gasteiger partial charge on any atom is -0.469 e. The summed E-state index contributed by atoms with van der Waals surface area (Å²) in [5.41, 5.74) is 0.915. The van der Waals surface area contributed by atoms with Gasteiger partial charge in [-0.15, -0.1) is 11.8 Å². The third-order valence-electron chi connectivity index (χ3n) is 2.80. The zero-order valence-electron chi connectivity index (χ0n) is 11.5. The van der Waals surface area contributed by atoms with Gasteiger partial charge in [-0.05, 0) is 30.0 Å². The topological polar surface area (TPSA) is 35.5 Å². The molecular weight excluding hydrogens is 272 g/mol. The summed E-state index contributed by atoms with van der Waals surface area (Å²) in [7, 11) is 1.39. The van der Waals surface area contributed by atoms with Crippen LogP contribution >= 0.6 is 11.8 Å². The summed E-state index contributed by atoms with van der Waals surface area (Å²) in [5.74, 6) is 1.28. The van der Waals surface area contributed by atoms with Crippen LogP contribution in [0.1, 0.15) is 5.56 Å². The van der Waals surface area contributed by atoms with Crippen molar-refractivity contribution in [2.75, 3.05) is 13.4 Å². The van der Waals surface area contributed by atoms with Gasteiger partial charge in [-0.2, -0.15) is 0 Å². The number of carbonyl (C=O) groups excluding carboxylic acids is 1. The average Bonchev–Trinajstić information content (AvgIpc) is 2.48. The van der Waals surface area contributed by atoms with Crippen LogP contribution in [0.25, 0.3) is 0 Å². The van der Waals surface area contributed by atoms with E-state index in [-0.39, 0.29) is 12.4 Å². The maximum Gasteiger partial charge on any atom is 0.310 e. The van der Waals surface area contributed by atoms with Crippen LogP contribution in [-0.2, 0) is 16.0 Å². The van der Waals surface area contributed by atoms with Crippen molar-refractivity contribution in [2.24, 2.45) is 0 Å². The Bertz CT molecular complexity index is 582. The minimum absolute atomic E-state index is 0.249. The average molecular weight is 288 g/mol. The molecular formula is C16H16O3S. The van der Waals surface area contributed by atoms with E-state index < -0.39 is 0 Å². The van der Waals surface area contributed by atoms with Crippen molar-refractivity contribution in [1.82, 2.24) is 0 Å². The summed E-state index contributed by atoms with van der Waals surface area (Å²) in [6.07, 6.45) is 2.21. The Hall–Kier alpha value is -1.94. The molecule has 0 aliphatic heterocycles. The first-order chi connectivity index (χ1) is 9.74. The van der Waals surface area contributed by atoms with Crippen LogP contribution in [0.4, 0.5) is 0 Å². The Morgan fingerprint density at radius 2 is 1.85 bits per heavy atom. The van der Waals surface area contributed by atoms with Gasteiger partial charge in [-0.3, -0.25) is 4.79 Å². The van der Waals surface area contributed by atoms with Crippen LogP contribution in [-0.4, -0.2) is 19.3 Å². The Labute approximate surface area is 122 Å². The van der Waals surface area contributed by atoms with Crippen molar-refractivity contribution < 1.29 is 14.3 Å². The molecule has 4 heteroatoms. The number of rotatable bonds is 5. The third-order valence-corrected chi connectivity index (χ3v) is 3.67. The molecule has 2 rings (SSSR count). The van der Waals surface area contributed by atoms with Crippen molar-refractivity contribution in [3.8, 4) is 11.5 Å². The van der Waals surface area contributed by atoms with E-state index in [1.165, 1.54) is 7.11 Å². The number of methoxy groups -OCH3 is 1. The monoisotopic (exact) mass is 288 g/mol. The number of carbonyl (C=O) groups is 1. The molecule has 3 nitrogen and oxygen atoms in total. The largest absolute Gasteiger partial charge is 0.469 e. The summed E-state index contributed by atoms with van der Waals surface area (Å²) in [5, 5.41) is 0. The third kappa shape index (κ3) is 3.54. The van der Waals surface area contributed by atoms with E-state index in [2.05, 4.69) is 0 Å². The number of esters is 1. The lowest BCUT2D eigenvalue weighted by molar-refractivity contribution is -0.139. The van der Waals surface area contributed by atoms with Crippen LogP contribution in [0.2, 0.25) is 0 Å². The Balaban J connectivity index is 2.29. The van der Waals surface area contributed by atoms with E-state index in [1.54, 1.807) is 11.8 Å². The summed E-state index contributed by atoms with van der Waals surface area (Å²) in [6, 6.07) is 15.3. The number of para-hydroxylation sites is 1. The maximum absolute atomic E-state index is 11.4. The summed E-state index contributed by atoms with van der Waals surface area (Å²) in [4.78, 5) is 12.4. The molecule has 20 heavy (non-hydrogen) atoms. The van der Waals surface area contributed by atoms with Gasteiger partial charge in [0, 0.05) is 0 Å². The van der Waals surface area contributed by atoms with E-state index in [0.717, 1.165) is 22.0 Å². The van der Waals surface area contributed by atoms with Gasteiger partial charge in [0.15, 0.2) is 0 Å². The highest BCUT2D eigenvalue weighted by molar-refractivity contribution is 7.98. The summed E-state index contributed by atoms with van der Waals surface area (Å²) >= 11 is 1.56. The van der Waals surface area contributed by atoms with Crippen molar-refractivity contribution in [3.63, 3.8) is 0 Å². The van der Waals surface area contributed by atoms with E-state index in [0.29, 0.717) is 0 Å². The quantitative estimate of drug-likeness (QED) is 0.617. The first-order valence-electron chi connectivity index (χ1n) is 6.20. The van der Waals surface area contributed by atoms with Gasteiger partial charge >= 0.3 is 5.97 Å². The van der Waals surface area contributed by atoms with Gasteiger partial charge in [0.1, 0.15) is 11.5 Å². The van der Waals surface area contributed by atoms with Crippen LogP contribution in [0.5, 0.6) is 11.5 Å². The number of hydrogen-bond acceptors (Lipinski definition) is 4. The molecule has 0 unspecified atom stereocenters. The van der Waals surface area contributed by atoms with Gasteiger partial charge < -0.3 is 9.47 Å². The smallest absolute Gasteiger partial charge is 0.310 e. The molecule has 0 aliphatic rings. The lowest BCUT2D eigenvalue weighted by Crippen LogP contribution is -2.05. The van der Waals surface area contributed by atoms with Crippen LogP contribution in [0.15, 0.2) is 53.4 Å². The molecule has 2 aromatic carbocycles. The molecule has 0 atom stereocenters. The second-order valence-corrected chi connectivity index (χ2v) is 4.93. The molecule has 0 bridgehead atoms. The van der Waals surface area contributed by atoms with Crippen LogP contribution < -0.4 is 4.74 Å². The van der Waals surface area contributed by atoms with E-state index in [4.69, 9.17) is 9.47 Å². The maximum atomic E-state index is 11.4. The van der Waals surface area contributed by atoms with E-state index in [1.807, 2.05) is 54.8 Å². The molecule has 0 aliphatic carbocycles. The normalized spacial score (nSPS) is 10.1. The standard InChI is InChI=1S/C16H16O3S/c1-18-15(17)11-12-7-6-10-14(16(12)20-2)19-13-8-4-3-5-9-13/h3-10H,11H2,1-2H3. The number of benzene rings is 2. The van der Waals surface area contributed by atoms with Crippen LogP contribution in [0, 0.1) is 0 Å². The number of ether oxygens (including phenoxy) is 2. The fraction of sp³-hybridized carbons (Fsp3) is 0.188. The first-order valence-corrected chi connectivity index (χ1v) is 7.42. The highest BCUT2D eigenvalue weighted by Gasteiger charge is 2.12. The highest BCUT2D eigenvalue weighted by Crippen LogP contribution is 2.34. The Morgan fingerprint density at radius 1 is 1.10 bits per heavy atom. The molecule has 0 radical (unpaired) electrons. The van der Waals surface area contributed by atoms with Crippen molar-refractivity contribution in [2.45, 2.75) is 11.3 Å². The van der Waals surface area contributed by atoms with Gasteiger partial charge in [-0.1, -0.05) is 30.3 Å². The lowest BCUT2D eigenvalue weighted by atomic mass is 10.1. The first kappa shape index (κ1) is 14.5. The van der Waals surface area contributed by atoms with Gasteiger partial charge in [0.05, 0.1) is 18.4 Å². The highest BCUT2D eigenvalue weighted by atomic mass is 32.2. The van der Waals surface area contributed by atoms with Gasteiger partial charge in [-0.25, -0.2) is 0 Å². The van der Waals surface area contributed by atoms with Gasteiger partial charge in [0.25, 0.3) is 0 Å². The fourth-order valence-electron chi connectivity index (χ4n) is 1.86. The zero-order valence-corrected chi connectivity index (χ0v) is 12.3. The molecule has 0 saturated carbocycles. The summed E-state index contributed by atoms with van der Waals surface area (Å²) < 4.78 is 10.6. The Kier molecular flexibility index (Phi) is 5.07. The fourth-order valence-corrected chi connectivity index (χ4v) is 2.57. The van der Waals surface area contributed by atoms with Crippen molar-refractivity contribution in [3.05, 3.63) is 54.1 Å². The van der Waals surface area contributed by atoms with E-state index in [9.17, 15) is 4.79 Å². The van der Waals surface area contributed by atoms with E-state index >= 15 is 0 Å². The molecule has 0 saturated heterocycles. The second kappa shape index (κ2) is 7.01. The zero-order chi connectivity index (χ0) is 14.4. The van der Waals surface area contributed by atoms with Crippen LogP contribution in [0.3, 0.4) is 0 Å². The molecule has 0 heterocycles. The number of thioether (sulfide) groups is 1. The second-order valence-electron chi connectivity index (χ2n) is 4.12. The van der Waals surface area contributed by atoms with Crippen molar-refractivity contribution >= 4 is 17.7 Å². The molecule has 0 fully saturated rings. The molecule has 0 N–H and O–H groups in total. The molecule has 0 spiro atoms. The molecule has 104 valence electrons. The SMILES string of the molecule is COC(=O)Cc1cccc(Oc2ccccc2)c1SC. The predicted molar refractivity (Wildman–Crippen MR) is 80.5 cm³/mol. The van der Waals surface area contributed by atoms with Gasteiger partial charge in [0.2, 0.25) is 0 Å². The Morgan fingerprint density at radius 3 is 2.50 bits per heavy atom. The minimum atomic E-state index is -0.253. The predicted octanol–water partition coefficient (Wildman–Crippen LogP) is 3.92. The summed E-state index contributed by atoms with van der Waals surface area (Å²) in [6.45, 7) is 0. The number of hydrogen-bond donors (Lipinski definition) is 0. The van der Waals surface area contributed by atoms with Crippen molar-refractivity contribution in [1.29, 1.82) is 0 Å².